The Balaban J connectivity index is 1.52. The van der Waals surface area contributed by atoms with Crippen LogP contribution in [0.3, 0.4) is 0 Å². The van der Waals surface area contributed by atoms with E-state index in [2.05, 4.69) is 20.2 Å². The van der Waals surface area contributed by atoms with Crippen molar-refractivity contribution in [2.75, 3.05) is 31.1 Å². The standard InChI is InChI=1S/C19H21F3N4O2/c1-13-24-16(26-8-2-3-9-26)12-17(25-13)28-10-7-23-18(27)14-5-4-6-15(11-14)19(20,21)22/h4-6,11-12H,2-3,7-10H2,1H3,(H,23,27). The molecule has 1 saturated heterocycles. The van der Waals surface area contributed by atoms with Gasteiger partial charge in [0, 0.05) is 24.7 Å². The molecule has 3 rings (SSSR count). The highest BCUT2D eigenvalue weighted by Crippen LogP contribution is 2.29. The number of nitrogens with one attached hydrogen (secondary N) is 1. The van der Waals surface area contributed by atoms with Crippen LogP contribution in [0.25, 0.3) is 0 Å². The Labute approximate surface area is 160 Å². The summed E-state index contributed by atoms with van der Waals surface area (Å²) in [4.78, 5) is 22.8. The first-order valence-electron chi connectivity index (χ1n) is 9.02. The van der Waals surface area contributed by atoms with E-state index < -0.39 is 17.6 Å². The molecule has 1 fully saturated rings. The van der Waals surface area contributed by atoms with Crippen LogP contribution in [0.4, 0.5) is 19.0 Å². The molecule has 0 aliphatic carbocycles. The minimum atomic E-state index is -4.49. The fourth-order valence-corrected chi connectivity index (χ4v) is 2.97. The Bertz CT molecular complexity index is 836. The second kappa shape index (κ2) is 8.45. The van der Waals surface area contributed by atoms with Crippen LogP contribution >= 0.6 is 0 Å². The van der Waals surface area contributed by atoms with Crippen molar-refractivity contribution < 1.29 is 22.7 Å². The van der Waals surface area contributed by atoms with E-state index in [1.165, 1.54) is 12.1 Å². The number of anilines is 1. The van der Waals surface area contributed by atoms with Gasteiger partial charge < -0.3 is 15.0 Å². The van der Waals surface area contributed by atoms with Crippen LogP contribution in [0, 0.1) is 6.92 Å². The summed E-state index contributed by atoms with van der Waals surface area (Å²) in [5.41, 5.74) is -0.911. The molecule has 2 aromatic rings. The lowest BCUT2D eigenvalue weighted by molar-refractivity contribution is -0.137. The summed E-state index contributed by atoms with van der Waals surface area (Å²) < 4.78 is 43.8. The predicted molar refractivity (Wildman–Crippen MR) is 97.5 cm³/mol. The molecule has 9 heteroatoms. The maximum absolute atomic E-state index is 12.7. The zero-order chi connectivity index (χ0) is 20.1. The van der Waals surface area contributed by atoms with E-state index in [4.69, 9.17) is 4.74 Å². The van der Waals surface area contributed by atoms with Gasteiger partial charge in [-0.25, -0.2) is 4.98 Å². The molecule has 1 N–H and O–H groups in total. The molecule has 0 saturated carbocycles. The van der Waals surface area contributed by atoms with Gasteiger partial charge in [-0.15, -0.1) is 0 Å². The first-order valence-corrected chi connectivity index (χ1v) is 9.02. The van der Waals surface area contributed by atoms with E-state index in [0.29, 0.717) is 11.7 Å². The highest BCUT2D eigenvalue weighted by molar-refractivity contribution is 5.94. The highest BCUT2D eigenvalue weighted by atomic mass is 19.4. The molecule has 0 bridgehead atoms. The first-order chi connectivity index (χ1) is 13.3. The highest BCUT2D eigenvalue weighted by Gasteiger charge is 2.30. The number of hydrogen-bond acceptors (Lipinski definition) is 5. The van der Waals surface area contributed by atoms with Gasteiger partial charge in [-0.2, -0.15) is 18.2 Å². The number of alkyl halides is 3. The number of benzene rings is 1. The smallest absolute Gasteiger partial charge is 0.416 e. The van der Waals surface area contributed by atoms with Crippen molar-refractivity contribution in [1.82, 2.24) is 15.3 Å². The van der Waals surface area contributed by atoms with Crippen molar-refractivity contribution >= 4 is 11.7 Å². The van der Waals surface area contributed by atoms with Gasteiger partial charge in [0.2, 0.25) is 5.88 Å². The van der Waals surface area contributed by atoms with Gasteiger partial charge in [0.25, 0.3) is 5.91 Å². The largest absolute Gasteiger partial charge is 0.476 e. The zero-order valence-corrected chi connectivity index (χ0v) is 15.4. The lowest BCUT2D eigenvalue weighted by atomic mass is 10.1. The van der Waals surface area contributed by atoms with Crippen LogP contribution in [0.1, 0.15) is 34.6 Å². The van der Waals surface area contributed by atoms with E-state index in [1.807, 2.05) is 0 Å². The Morgan fingerprint density at radius 3 is 2.68 bits per heavy atom. The van der Waals surface area contributed by atoms with Gasteiger partial charge in [-0.3, -0.25) is 4.79 Å². The summed E-state index contributed by atoms with van der Waals surface area (Å²) in [6.45, 7) is 3.95. The van der Waals surface area contributed by atoms with Crippen molar-refractivity contribution in [3.8, 4) is 5.88 Å². The lowest BCUT2D eigenvalue weighted by Crippen LogP contribution is -2.28. The number of amides is 1. The molecule has 6 nitrogen and oxygen atoms in total. The van der Waals surface area contributed by atoms with Crippen LogP contribution < -0.4 is 15.0 Å². The van der Waals surface area contributed by atoms with Crippen LogP contribution in [-0.2, 0) is 6.18 Å². The Morgan fingerprint density at radius 1 is 1.21 bits per heavy atom. The minimum Gasteiger partial charge on any atom is -0.476 e. The molecule has 150 valence electrons. The predicted octanol–water partition coefficient (Wildman–Crippen LogP) is 3.21. The third kappa shape index (κ3) is 5.11. The fraction of sp³-hybridized carbons (Fsp3) is 0.421. The van der Waals surface area contributed by atoms with Gasteiger partial charge in [-0.05, 0) is 38.0 Å². The molecule has 1 aliphatic heterocycles. The molecule has 2 heterocycles. The summed E-state index contributed by atoms with van der Waals surface area (Å²) in [6, 6.07) is 6.05. The molecule has 1 aromatic carbocycles. The van der Waals surface area contributed by atoms with Crippen LogP contribution in [0.15, 0.2) is 30.3 Å². The third-order valence-corrected chi connectivity index (χ3v) is 4.32. The summed E-state index contributed by atoms with van der Waals surface area (Å²) in [7, 11) is 0. The summed E-state index contributed by atoms with van der Waals surface area (Å²) in [5.74, 6) is 1.22. The van der Waals surface area contributed by atoms with Gasteiger partial charge in [-0.1, -0.05) is 6.07 Å². The molecule has 0 radical (unpaired) electrons. The first kappa shape index (κ1) is 19.9. The van der Waals surface area contributed by atoms with E-state index in [9.17, 15) is 18.0 Å². The normalized spacial score (nSPS) is 14.2. The summed E-state index contributed by atoms with van der Waals surface area (Å²) >= 11 is 0. The fourth-order valence-electron chi connectivity index (χ4n) is 2.97. The Morgan fingerprint density at radius 2 is 1.96 bits per heavy atom. The van der Waals surface area contributed by atoms with Crippen LogP contribution in [0.5, 0.6) is 5.88 Å². The zero-order valence-electron chi connectivity index (χ0n) is 15.4. The van der Waals surface area contributed by atoms with E-state index in [0.717, 1.165) is 43.9 Å². The van der Waals surface area contributed by atoms with Crippen molar-refractivity contribution in [3.63, 3.8) is 0 Å². The van der Waals surface area contributed by atoms with E-state index in [-0.39, 0.29) is 18.7 Å². The second-order valence-corrected chi connectivity index (χ2v) is 6.49. The molecule has 28 heavy (non-hydrogen) atoms. The van der Waals surface area contributed by atoms with E-state index >= 15 is 0 Å². The second-order valence-electron chi connectivity index (χ2n) is 6.49. The number of carbonyl (C=O) groups excluding carboxylic acids is 1. The Kier molecular flexibility index (Phi) is 6.01. The van der Waals surface area contributed by atoms with Crippen molar-refractivity contribution in [1.29, 1.82) is 0 Å². The van der Waals surface area contributed by atoms with Crippen molar-refractivity contribution in [3.05, 3.63) is 47.3 Å². The number of hydrogen-bond donors (Lipinski definition) is 1. The maximum Gasteiger partial charge on any atom is 0.416 e. The Hall–Kier alpha value is -2.84. The summed E-state index contributed by atoms with van der Waals surface area (Å²) in [5, 5.41) is 2.55. The molecule has 1 amide bonds. The molecular formula is C19H21F3N4O2. The number of aryl methyl sites for hydroxylation is 1. The molecule has 1 aliphatic rings. The van der Waals surface area contributed by atoms with E-state index in [1.54, 1.807) is 13.0 Å². The summed E-state index contributed by atoms with van der Waals surface area (Å²) in [6.07, 6.45) is -2.24. The topological polar surface area (TPSA) is 67.3 Å². The quantitative estimate of drug-likeness (QED) is 0.762. The molecule has 0 spiro atoms. The number of nitrogens with zero attached hydrogens (tertiary/aromatic N) is 3. The number of carbonyl (C=O) groups is 1. The molecule has 0 unspecified atom stereocenters. The molecule has 1 aromatic heterocycles. The van der Waals surface area contributed by atoms with Gasteiger partial charge in [0.05, 0.1) is 12.1 Å². The minimum absolute atomic E-state index is 0.0518. The third-order valence-electron chi connectivity index (χ3n) is 4.32. The number of ether oxygens (including phenoxy) is 1. The van der Waals surface area contributed by atoms with Gasteiger partial charge >= 0.3 is 6.18 Å². The average Bonchev–Trinajstić information content (AvgIpc) is 3.19. The number of rotatable bonds is 6. The lowest BCUT2D eigenvalue weighted by Gasteiger charge is -2.17. The molecule has 0 atom stereocenters. The SMILES string of the molecule is Cc1nc(OCCNC(=O)c2cccc(C(F)(F)F)c2)cc(N2CCCC2)n1. The number of aromatic nitrogens is 2. The van der Waals surface area contributed by atoms with Gasteiger partial charge in [0.15, 0.2) is 0 Å². The maximum atomic E-state index is 12.7. The van der Waals surface area contributed by atoms with Crippen molar-refractivity contribution in [2.24, 2.45) is 0 Å². The van der Waals surface area contributed by atoms with Crippen molar-refractivity contribution in [2.45, 2.75) is 25.9 Å². The molecular weight excluding hydrogens is 373 g/mol. The van der Waals surface area contributed by atoms with Crippen LogP contribution in [-0.4, -0.2) is 42.1 Å². The monoisotopic (exact) mass is 394 g/mol. The van der Waals surface area contributed by atoms with Crippen LogP contribution in [0.2, 0.25) is 0 Å². The number of halogens is 3. The van der Waals surface area contributed by atoms with Gasteiger partial charge in [0.1, 0.15) is 18.2 Å². The average molecular weight is 394 g/mol.